The van der Waals surface area contributed by atoms with E-state index in [1.54, 1.807) is 12.1 Å². The standard InChI is InChI=1S/C13H14FNO3/c14-10-4-1-9(2-5-10)3-6-11(16)15-13(7-8-13)12(17)18/h1-2,4-5H,3,6-8H2,(H,15,16)(H,17,18). The third-order valence-corrected chi connectivity index (χ3v) is 3.09. The number of carboxylic acid groups (broad SMARTS) is 1. The van der Waals surface area contributed by atoms with Crippen molar-refractivity contribution in [2.45, 2.75) is 31.2 Å². The lowest BCUT2D eigenvalue weighted by molar-refractivity contribution is -0.143. The van der Waals surface area contributed by atoms with Crippen molar-refractivity contribution in [2.75, 3.05) is 0 Å². The number of amides is 1. The highest BCUT2D eigenvalue weighted by Gasteiger charge is 2.51. The first-order valence-electron chi connectivity index (χ1n) is 5.81. The van der Waals surface area contributed by atoms with E-state index >= 15 is 0 Å². The van der Waals surface area contributed by atoms with Crippen molar-refractivity contribution >= 4 is 11.9 Å². The lowest BCUT2D eigenvalue weighted by Crippen LogP contribution is -2.43. The van der Waals surface area contributed by atoms with Crippen molar-refractivity contribution < 1.29 is 19.1 Å². The number of aliphatic carboxylic acids is 1. The Kier molecular flexibility index (Phi) is 3.32. The topological polar surface area (TPSA) is 66.4 Å². The summed E-state index contributed by atoms with van der Waals surface area (Å²) in [4.78, 5) is 22.5. The molecule has 0 spiro atoms. The van der Waals surface area contributed by atoms with Crippen molar-refractivity contribution in [3.63, 3.8) is 0 Å². The van der Waals surface area contributed by atoms with Crippen molar-refractivity contribution in [3.05, 3.63) is 35.6 Å². The van der Waals surface area contributed by atoms with Crippen LogP contribution in [-0.2, 0) is 16.0 Å². The zero-order valence-electron chi connectivity index (χ0n) is 9.78. The Bertz CT molecular complexity index is 466. The Morgan fingerprint density at radius 3 is 2.39 bits per heavy atom. The maximum Gasteiger partial charge on any atom is 0.329 e. The van der Waals surface area contributed by atoms with Gasteiger partial charge < -0.3 is 10.4 Å². The lowest BCUT2D eigenvalue weighted by atomic mass is 10.1. The quantitative estimate of drug-likeness (QED) is 0.833. The number of halogens is 1. The molecule has 0 radical (unpaired) electrons. The van der Waals surface area contributed by atoms with Gasteiger partial charge in [0.2, 0.25) is 5.91 Å². The second-order valence-electron chi connectivity index (χ2n) is 4.56. The van der Waals surface area contributed by atoms with E-state index in [-0.39, 0.29) is 18.1 Å². The van der Waals surface area contributed by atoms with Crippen molar-refractivity contribution in [1.82, 2.24) is 5.32 Å². The fourth-order valence-corrected chi connectivity index (χ4v) is 1.76. The smallest absolute Gasteiger partial charge is 0.329 e. The van der Waals surface area contributed by atoms with E-state index < -0.39 is 11.5 Å². The first-order chi connectivity index (χ1) is 8.52. The van der Waals surface area contributed by atoms with Gasteiger partial charge in [-0.2, -0.15) is 0 Å². The molecule has 1 saturated carbocycles. The van der Waals surface area contributed by atoms with Crippen LogP contribution in [0, 0.1) is 5.82 Å². The SMILES string of the molecule is O=C(CCc1ccc(F)cc1)NC1(C(=O)O)CC1. The second kappa shape index (κ2) is 4.76. The highest BCUT2D eigenvalue weighted by molar-refractivity contribution is 5.89. The Morgan fingerprint density at radius 1 is 1.28 bits per heavy atom. The van der Waals surface area contributed by atoms with Gasteiger partial charge in [0.05, 0.1) is 0 Å². The van der Waals surface area contributed by atoms with Gasteiger partial charge in [0.1, 0.15) is 11.4 Å². The first kappa shape index (κ1) is 12.5. The van der Waals surface area contributed by atoms with Gasteiger partial charge in [-0.05, 0) is 37.0 Å². The van der Waals surface area contributed by atoms with E-state index in [1.807, 2.05) is 0 Å². The molecule has 1 aliphatic carbocycles. The second-order valence-corrected chi connectivity index (χ2v) is 4.56. The van der Waals surface area contributed by atoms with Gasteiger partial charge in [-0.3, -0.25) is 4.79 Å². The fourth-order valence-electron chi connectivity index (χ4n) is 1.76. The normalized spacial score (nSPS) is 16.1. The average Bonchev–Trinajstić information content (AvgIpc) is 3.09. The zero-order valence-corrected chi connectivity index (χ0v) is 9.78. The highest BCUT2D eigenvalue weighted by atomic mass is 19.1. The van der Waals surface area contributed by atoms with E-state index in [0.29, 0.717) is 19.3 Å². The third-order valence-electron chi connectivity index (χ3n) is 3.09. The van der Waals surface area contributed by atoms with Crippen LogP contribution >= 0.6 is 0 Å². The molecule has 0 aliphatic heterocycles. The largest absolute Gasteiger partial charge is 0.480 e. The molecule has 0 unspecified atom stereocenters. The maximum atomic E-state index is 12.7. The molecule has 0 bridgehead atoms. The van der Waals surface area contributed by atoms with E-state index in [0.717, 1.165) is 5.56 Å². The summed E-state index contributed by atoms with van der Waals surface area (Å²) in [6.45, 7) is 0. The summed E-state index contributed by atoms with van der Waals surface area (Å²) in [6, 6.07) is 5.92. The first-order valence-corrected chi connectivity index (χ1v) is 5.81. The maximum absolute atomic E-state index is 12.7. The van der Waals surface area contributed by atoms with E-state index in [2.05, 4.69) is 5.32 Å². The molecule has 0 saturated heterocycles. The fraction of sp³-hybridized carbons (Fsp3) is 0.385. The number of carboxylic acids is 1. The molecule has 18 heavy (non-hydrogen) atoms. The summed E-state index contributed by atoms with van der Waals surface area (Å²) in [5, 5.41) is 11.4. The van der Waals surface area contributed by atoms with Crippen LogP contribution in [0.15, 0.2) is 24.3 Å². The molecule has 1 aromatic carbocycles. The van der Waals surface area contributed by atoms with Crippen LogP contribution in [0.25, 0.3) is 0 Å². The van der Waals surface area contributed by atoms with E-state index in [4.69, 9.17) is 5.11 Å². The molecule has 96 valence electrons. The Hall–Kier alpha value is -1.91. The van der Waals surface area contributed by atoms with Crippen molar-refractivity contribution in [1.29, 1.82) is 0 Å². The van der Waals surface area contributed by atoms with E-state index in [1.165, 1.54) is 12.1 Å². The summed E-state index contributed by atoms with van der Waals surface area (Å²) >= 11 is 0. The molecular formula is C13H14FNO3. The summed E-state index contributed by atoms with van der Waals surface area (Å²) < 4.78 is 12.7. The monoisotopic (exact) mass is 251 g/mol. The molecule has 4 nitrogen and oxygen atoms in total. The van der Waals surface area contributed by atoms with Crippen LogP contribution in [0.5, 0.6) is 0 Å². The number of nitrogens with one attached hydrogen (secondary N) is 1. The van der Waals surface area contributed by atoms with Crippen molar-refractivity contribution in [2.24, 2.45) is 0 Å². The Labute approximate surface area is 104 Å². The minimum atomic E-state index is -1.03. The van der Waals surface area contributed by atoms with Gasteiger partial charge in [0.25, 0.3) is 0 Å². The minimum absolute atomic E-state index is 0.209. The van der Waals surface area contributed by atoms with Gasteiger partial charge in [-0.1, -0.05) is 12.1 Å². The number of benzene rings is 1. The average molecular weight is 251 g/mol. The van der Waals surface area contributed by atoms with Gasteiger partial charge in [-0.25, -0.2) is 9.18 Å². The van der Waals surface area contributed by atoms with E-state index in [9.17, 15) is 14.0 Å². The summed E-state index contributed by atoms with van der Waals surface area (Å²) in [5.41, 5.74) is -0.174. The molecule has 1 fully saturated rings. The number of carbonyl (C=O) groups excluding carboxylic acids is 1. The van der Waals surface area contributed by atoms with Crippen LogP contribution in [0.2, 0.25) is 0 Å². The van der Waals surface area contributed by atoms with Crippen LogP contribution in [0.3, 0.4) is 0 Å². The van der Waals surface area contributed by atoms with Crippen LogP contribution in [0.4, 0.5) is 4.39 Å². The predicted octanol–water partition coefficient (Wildman–Crippen LogP) is 1.49. The number of hydrogen-bond donors (Lipinski definition) is 2. The number of rotatable bonds is 5. The van der Waals surface area contributed by atoms with Crippen LogP contribution in [-0.4, -0.2) is 22.5 Å². The summed E-state index contributed by atoms with van der Waals surface area (Å²) in [5.74, 6) is -1.57. The molecule has 1 amide bonds. The number of carbonyl (C=O) groups is 2. The summed E-state index contributed by atoms with van der Waals surface area (Å²) in [7, 11) is 0. The van der Waals surface area contributed by atoms with Gasteiger partial charge in [0, 0.05) is 6.42 Å². The predicted molar refractivity (Wildman–Crippen MR) is 62.5 cm³/mol. The molecule has 2 N–H and O–H groups in total. The molecule has 2 rings (SSSR count). The lowest BCUT2D eigenvalue weighted by Gasteiger charge is -2.12. The molecule has 0 aromatic heterocycles. The minimum Gasteiger partial charge on any atom is -0.480 e. The van der Waals surface area contributed by atoms with Crippen molar-refractivity contribution in [3.8, 4) is 0 Å². The van der Waals surface area contributed by atoms with Gasteiger partial charge in [0.15, 0.2) is 0 Å². The van der Waals surface area contributed by atoms with Crippen LogP contribution in [0.1, 0.15) is 24.8 Å². The molecular weight excluding hydrogens is 237 g/mol. The molecule has 1 aromatic rings. The highest BCUT2D eigenvalue weighted by Crippen LogP contribution is 2.35. The number of hydrogen-bond acceptors (Lipinski definition) is 2. The molecule has 1 aliphatic rings. The van der Waals surface area contributed by atoms with Gasteiger partial charge >= 0.3 is 5.97 Å². The molecule has 0 atom stereocenters. The summed E-state index contributed by atoms with van der Waals surface area (Å²) in [6.07, 6.45) is 1.66. The zero-order chi connectivity index (χ0) is 13.2. The molecule has 5 heteroatoms. The van der Waals surface area contributed by atoms with Crippen LogP contribution < -0.4 is 5.32 Å². The number of aryl methyl sites for hydroxylation is 1. The van der Waals surface area contributed by atoms with Gasteiger partial charge in [-0.15, -0.1) is 0 Å². The Balaban J connectivity index is 1.82. The molecule has 0 heterocycles. The Morgan fingerprint density at radius 2 is 1.89 bits per heavy atom. The third kappa shape index (κ3) is 2.85.